The largest absolute Gasteiger partial charge is 0.392 e. The second-order valence-corrected chi connectivity index (χ2v) is 6.03. The van der Waals surface area contributed by atoms with E-state index < -0.39 is 0 Å². The number of benzene rings is 1. The molecular weight excluding hydrogens is 288 g/mol. The predicted octanol–water partition coefficient (Wildman–Crippen LogP) is 1.80. The Kier molecular flexibility index (Phi) is 6.03. The van der Waals surface area contributed by atoms with Crippen LogP contribution in [-0.4, -0.2) is 59.6 Å². The number of halogens is 1. The van der Waals surface area contributed by atoms with E-state index in [1.165, 1.54) is 0 Å². The zero-order chi connectivity index (χ0) is 15.2. The molecule has 1 saturated heterocycles. The molecule has 1 aliphatic rings. The quantitative estimate of drug-likeness (QED) is 0.902. The maximum Gasteiger partial charge on any atom is 0.222 e. The lowest BCUT2D eigenvalue weighted by Crippen LogP contribution is -2.50. The van der Waals surface area contributed by atoms with E-state index in [1.807, 2.05) is 29.2 Å². The second kappa shape index (κ2) is 7.78. The molecule has 1 heterocycles. The number of carbonyl (C=O) groups is 1. The van der Waals surface area contributed by atoms with E-state index in [-0.39, 0.29) is 12.0 Å². The molecule has 0 spiro atoms. The number of hydrogen-bond donors (Lipinski definition) is 1. The lowest BCUT2D eigenvalue weighted by molar-refractivity contribution is -0.133. The Balaban J connectivity index is 1.76. The highest BCUT2D eigenvalue weighted by atomic mass is 35.5. The highest BCUT2D eigenvalue weighted by Gasteiger charge is 2.21. The number of aliphatic hydroxyl groups is 1. The summed E-state index contributed by atoms with van der Waals surface area (Å²) in [6.07, 6.45) is 0.875. The van der Waals surface area contributed by atoms with Crippen LogP contribution in [0.2, 0.25) is 5.02 Å². The number of amides is 1. The van der Waals surface area contributed by atoms with Crippen LogP contribution in [0.5, 0.6) is 0 Å². The van der Waals surface area contributed by atoms with Gasteiger partial charge in [-0.2, -0.15) is 0 Å². The maximum absolute atomic E-state index is 12.2. The summed E-state index contributed by atoms with van der Waals surface area (Å²) in [5.74, 6) is 0.187. The molecule has 1 amide bonds. The molecule has 1 aliphatic heterocycles. The minimum Gasteiger partial charge on any atom is -0.392 e. The summed E-state index contributed by atoms with van der Waals surface area (Å²) in [6.45, 7) is 5.64. The third-order valence-corrected chi connectivity index (χ3v) is 4.18. The molecule has 1 aromatic rings. The third-order valence-electron chi connectivity index (χ3n) is 3.81. The minimum absolute atomic E-state index is 0.187. The number of aryl methyl sites for hydroxylation is 1. The van der Waals surface area contributed by atoms with Gasteiger partial charge in [0.15, 0.2) is 0 Å². The summed E-state index contributed by atoms with van der Waals surface area (Å²) < 4.78 is 0. The van der Waals surface area contributed by atoms with Gasteiger partial charge in [-0.3, -0.25) is 9.69 Å². The Labute approximate surface area is 131 Å². The molecule has 0 bridgehead atoms. The monoisotopic (exact) mass is 310 g/mol. The Bertz CT molecular complexity index is 471. The van der Waals surface area contributed by atoms with E-state index in [9.17, 15) is 9.90 Å². The Morgan fingerprint density at radius 1 is 1.29 bits per heavy atom. The number of aliphatic hydroxyl groups excluding tert-OH is 1. The molecule has 0 radical (unpaired) electrons. The first-order valence-corrected chi connectivity index (χ1v) is 7.85. The van der Waals surface area contributed by atoms with Crippen molar-refractivity contribution >= 4 is 17.5 Å². The van der Waals surface area contributed by atoms with Gasteiger partial charge in [-0.1, -0.05) is 29.8 Å². The van der Waals surface area contributed by atoms with Gasteiger partial charge in [0.2, 0.25) is 5.91 Å². The summed E-state index contributed by atoms with van der Waals surface area (Å²) in [6, 6.07) is 7.67. The molecule has 0 aliphatic carbocycles. The molecule has 0 saturated carbocycles. The lowest BCUT2D eigenvalue weighted by Gasteiger charge is -2.35. The zero-order valence-corrected chi connectivity index (χ0v) is 13.2. The second-order valence-electron chi connectivity index (χ2n) is 5.62. The van der Waals surface area contributed by atoms with Crippen LogP contribution in [-0.2, 0) is 11.2 Å². The topological polar surface area (TPSA) is 43.8 Å². The van der Waals surface area contributed by atoms with E-state index >= 15 is 0 Å². The summed E-state index contributed by atoms with van der Waals surface area (Å²) in [5.41, 5.74) is 1.03. The first-order chi connectivity index (χ1) is 10.1. The summed E-state index contributed by atoms with van der Waals surface area (Å²) in [5, 5.41) is 10.1. The number of rotatable bonds is 5. The molecule has 1 atom stereocenters. The highest BCUT2D eigenvalue weighted by Crippen LogP contribution is 2.17. The van der Waals surface area contributed by atoms with Crippen LogP contribution in [0.4, 0.5) is 0 Å². The Morgan fingerprint density at radius 2 is 1.95 bits per heavy atom. The standard InChI is InChI=1S/C16H23ClN2O2/c1-13(20)12-18-8-10-19(11-9-18)16(21)7-6-14-4-2-3-5-15(14)17/h2-5,13,20H,6-12H2,1H3/t13-/m0/s1. The van der Waals surface area contributed by atoms with Crippen molar-refractivity contribution in [2.45, 2.75) is 25.9 Å². The van der Waals surface area contributed by atoms with E-state index in [2.05, 4.69) is 4.90 Å². The van der Waals surface area contributed by atoms with Crippen LogP contribution in [0.3, 0.4) is 0 Å². The maximum atomic E-state index is 12.2. The van der Waals surface area contributed by atoms with Gasteiger partial charge in [0, 0.05) is 44.2 Å². The van der Waals surface area contributed by atoms with E-state index in [0.717, 1.165) is 36.8 Å². The SMILES string of the molecule is C[C@H](O)CN1CCN(C(=O)CCc2ccccc2Cl)CC1. The fourth-order valence-corrected chi connectivity index (χ4v) is 2.88. The van der Waals surface area contributed by atoms with E-state index in [4.69, 9.17) is 11.6 Å². The van der Waals surface area contributed by atoms with Crippen molar-refractivity contribution < 1.29 is 9.90 Å². The molecule has 116 valence electrons. The van der Waals surface area contributed by atoms with Gasteiger partial charge in [-0.25, -0.2) is 0 Å². The van der Waals surface area contributed by atoms with Gasteiger partial charge in [-0.15, -0.1) is 0 Å². The van der Waals surface area contributed by atoms with Crippen LogP contribution in [0.25, 0.3) is 0 Å². The number of carbonyl (C=O) groups excluding carboxylic acids is 1. The number of nitrogens with zero attached hydrogens (tertiary/aromatic N) is 2. The fraction of sp³-hybridized carbons (Fsp3) is 0.562. The van der Waals surface area contributed by atoms with Crippen molar-refractivity contribution in [1.29, 1.82) is 0 Å². The average molecular weight is 311 g/mol. The highest BCUT2D eigenvalue weighted by molar-refractivity contribution is 6.31. The fourth-order valence-electron chi connectivity index (χ4n) is 2.65. The van der Waals surface area contributed by atoms with Crippen LogP contribution < -0.4 is 0 Å². The zero-order valence-electron chi connectivity index (χ0n) is 12.5. The first kappa shape index (κ1) is 16.3. The van der Waals surface area contributed by atoms with Crippen LogP contribution >= 0.6 is 11.6 Å². The normalized spacial score (nSPS) is 17.8. The lowest BCUT2D eigenvalue weighted by atomic mass is 10.1. The van der Waals surface area contributed by atoms with Crippen molar-refractivity contribution in [1.82, 2.24) is 9.80 Å². The predicted molar refractivity (Wildman–Crippen MR) is 84.5 cm³/mol. The van der Waals surface area contributed by atoms with Crippen LogP contribution in [0.15, 0.2) is 24.3 Å². The average Bonchev–Trinajstić information content (AvgIpc) is 2.46. The summed E-state index contributed by atoms with van der Waals surface area (Å²) in [7, 11) is 0. The van der Waals surface area contributed by atoms with E-state index in [1.54, 1.807) is 6.92 Å². The van der Waals surface area contributed by atoms with Gasteiger partial charge in [0.25, 0.3) is 0 Å². The van der Waals surface area contributed by atoms with E-state index in [0.29, 0.717) is 19.4 Å². The van der Waals surface area contributed by atoms with Crippen molar-refractivity contribution in [3.05, 3.63) is 34.9 Å². The Morgan fingerprint density at radius 3 is 2.57 bits per heavy atom. The third kappa shape index (κ3) is 4.99. The first-order valence-electron chi connectivity index (χ1n) is 7.48. The molecule has 1 N–H and O–H groups in total. The van der Waals surface area contributed by atoms with Gasteiger partial charge < -0.3 is 10.0 Å². The summed E-state index contributed by atoms with van der Waals surface area (Å²) in [4.78, 5) is 16.3. The van der Waals surface area contributed by atoms with Gasteiger partial charge in [0.05, 0.1) is 6.10 Å². The molecule has 1 aromatic carbocycles. The number of hydrogen-bond acceptors (Lipinski definition) is 3. The molecule has 0 unspecified atom stereocenters. The molecule has 5 heteroatoms. The molecule has 2 rings (SSSR count). The summed E-state index contributed by atoms with van der Waals surface area (Å²) >= 11 is 6.11. The van der Waals surface area contributed by atoms with Crippen molar-refractivity contribution in [2.75, 3.05) is 32.7 Å². The molecule has 21 heavy (non-hydrogen) atoms. The number of piperazine rings is 1. The number of β-amino-alcohol motifs (C(OH)–C–C–N with tert-alkyl or cyclic N) is 1. The van der Waals surface area contributed by atoms with Gasteiger partial charge in [0.1, 0.15) is 0 Å². The molecular formula is C16H23ClN2O2. The smallest absolute Gasteiger partial charge is 0.222 e. The van der Waals surface area contributed by atoms with Crippen molar-refractivity contribution in [2.24, 2.45) is 0 Å². The van der Waals surface area contributed by atoms with Crippen molar-refractivity contribution in [3.8, 4) is 0 Å². The minimum atomic E-state index is -0.313. The Hall–Kier alpha value is -1.10. The van der Waals surface area contributed by atoms with Gasteiger partial charge >= 0.3 is 0 Å². The molecule has 0 aromatic heterocycles. The molecule has 1 fully saturated rings. The van der Waals surface area contributed by atoms with Gasteiger partial charge in [-0.05, 0) is 25.0 Å². The van der Waals surface area contributed by atoms with Crippen LogP contribution in [0, 0.1) is 0 Å². The molecule has 4 nitrogen and oxygen atoms in total. The van der Waals surface area contributed by atoms with Crippen LogP contribution in [0.1, 0.15) is 18.9 Å². The van der Waals surface area contributed by atoms with Crippen molar-refractivity contribution in [3.63, 3.8) is 0 Å².